The standard InChI is InChI=1S/C21H22N2O3/c1-3-25-18-7-5-4-6-17(18)23-20(24)12-13-21-22-14-19(26-21)16-10-8-15(2)9-11-16/h4-11,14H,3,12-13H2,1-2H3,(H,23,24). The third kappa shape index (κ3) is 4.51. The Kier molecular flexibility index (Phi) is 5.69. The molecule has 1 amide bonds. The zero-order valence-electron chi connectivity index (χ0n) is 15.0. The topological polar surface area (TPSA) is 64.4 Å². The van der Waals surface area contributed by atoms with E-state index in [9.17, 15) is 4.79 Å². The SMILES string of the molecule is CCOc1ccccc1NC(=O)CCc1ncc(-c2ccc(C)cc2)o1. The molecule has 0 saturated heterocycles. The van der Waals surface area contributed by atoms with Crippen LogP contribution in [0.3, 0.4) is 0 Å². The Morgan fingerprint density at radius 3 is 2.69 bits per heavy atom. The molecule has 0 spiro atoms. The van der Waals surface area contributed by atoms with Gasteiger partial charge in [-0.3, -0.25) is 4.79 Å². The van der Waals surface area contributed by atoms with Gasteiger partial charge < -0.3 is 14.5 Å². The Hall–Kier alpha value is -3.08. The Morgan fingerprint density at radius 2 is 1.92 bits per heavy atom. The zero-order valence-corrected chi connectivity index (χ0v) is 15.0. The summed E-state index contributed by atoms with van der Waals surface area (Å²) in [6, 6.07) is 15.4. The van der Waals surface area contributed by atoms with Crippen molar-refractivity contribution in [3.05, 3.63) is 66.2 Å². The van der Waals surface area contributed by atoms with Gasteiger partial charge in [-0.25, -0.2) is 4.98 Å². The summed E-state index contributed by atoms with van der Waals surface area (Å²) in [5.74, 6) is 1.82. The summed E-state index contributed by atoms with van der Waals surface area (Å²) in [5, 5.41) is 2.88. The predicted octanol–water partition coefficient (Wildman–Crippen LogP) is 4.62. The van der Waals surface area contributed by atoms with Crippen LogP contribution in [0.4, 0.5) is 5.69 Å². The highest BCUT2D eigenvalue weighted by atomic mass is 16.5. The van der Waals surface area contributed by atoms with Gasteiger partial charge >= 0.3 is 0 Å². The van der Waals surface area contributed by atoms with Gasteiger partial charge in [-0.05, 0) is 26.0 Å². The molecule has 26 heavy (non-hydrogen) atoms. The number of anilines is 1. The van der Waals surface area contributed by atoms with Gasteiger partial charge in [0.05, 0.1) is 18.5 Å². The molecule has 5 heteroatoms. The van der Waals surface area contributed by atoms with Gasteiger partial charge in [0.1, 0.15) is 5.75 Å². The maximum atomic E-state index is 12.2. The number of benzene rings is 2. The molecule has 3 aromatic rings. The molecular weight excluding hydrogens is 328 g/mol. The molecule has 0 aliphatic heterocycles. The van der Waals surface area contributed by atoms with Gasteiger partial charge in [0, 0.05) is 18.4 Å². The van der Waals surface area contributed by atoms with Crippen LogP contribution >= 0.6 is 0 Å². The molecule has 0 unspecified atom stereocenters. The van der Waals surface area contributed by atoms with Gasteiger partial charge in [-0.1, -0.05) is 42.0 Å². The Labute approximate surface area is 153 Å². The molecule has 0 aliphatic rings. The summed E-state index contributed by atoms with van der Waals surface area (Å²) < 4.78 is 11.3. The third-order valence-corrected chi connectivity index (χ3v) is 3.92. The molecule has 0 fully saturated rings. The molecule has 134 valence electrons. The van der Waals surface area contributed by atoms with E-state index in [1.165, 1.54) is 5.56 Å². The van der Waals surface area contributed by atoms with Crippen molar-refractivity contribution < 1.29 is 13.9 Å². The van der Waals surface area contributed by atoms with Crippen LogP contribution in [0.5, 0.6) is 5.75 Å². The average Bonchev–Trinajstić information content (AvgIpc) is 3.11. The van der Waals surface area contributed by atoms with Crippen LogP contribution in [-0.4, -0.2) is 17.5 Å². The second kappa shape index (κ2) is 8.34. The van der Waals surface area contributed by atoms with E-state index in [1.807, 2.05) is 62.4 Å². The number of aromatic nitrogens is 1. The van der Waals surface area contributed by atoms with Crippen LogP contribution in [0.25, 0.3) is 11.3 Å². The Balaban J connectivity index is 1.58. The van der Waals surface area contributed by atoms with Crippen LogP contribution < -0.4 is 10.1 Å². The van der Waals surface area contributed by atoms with Crippen molar-refractivity contribution in [1.29, 1.82) is 0 Å². The first-order valence-corrected chi connectivity index (χ1v) is 8.69. The number of carbonyl (C=O) groups is 1. The molecule has 0 atom stereocenters. The molecule has 1 aromatic heterocycles. The molecule has 3 rings (SSSR count). The zero-order chi connectivity index (χ0) is 18.4. The molecular formula is C21H22N2O3. The average molecular weight is 350 g/mol. The number of nitrogens with one attached hydrogen (secondary N) is 1. The van der Waals surface area contributed by atoms with E-state index >= 15 is 0 Å². The molecule has 0 saturated carbocycles. The monoisotopic (exact) mass is 350 g/mol. The van der Waals surface area contributed by atoms with Crippen LogP contribution in [0, 0.1) is 6.92 Å². The number of para-hydroxylation sites is 2. The lowest BCUT2D eigenvalue weighted by Crippen LogP contribution is -2.13. The predicted molar refractivity (Wildman–Crippen MR) is 101 cm³/mol. The number of carbonyl (C=O) groups excluding carboxylic acids is 1. The summed E-state index contributed by atoms with van der Waals surface area (Å²) in [6.07, 6.45) is 2.42. The van der Waals surface area contributed by atoms with Crippen LogP contribution in [-0.2, 0) is 11.2 Å². The fourth-order valence-electron chi connectivity index (χ4n) is 2.56. The maximum Gasteiger partial charge on any atom is 0.224 e. The number of ether oxygens (including phenoxy) is 1. The molecule has 1 heterocycles. The number of oxazole rings is 1. The summed E-state index contributed by atoms with van der Waals surface area (Å²) in [5.41, 5.74) is 2.84. The number of hydrogen-bond donors (Lipinski definition) is 1. The van der Waals surface area contributed by atoms with Gasteiger partial charge in [0.25, 0.3) is 0 Å². The molecule has 5 nitrogen and oxygen atoms in total. The summed E-state index contributed by atoms with van der Waals surface area (Å²) in [4.78, 5) is 16.5. The van der Waals surface area contributed by atoms with Crippen molar-refractivity contribution in [2.75, 3.05) is 11.9 Å². The minimum atomic E-state index is -0.104. The first-order chi connectivity index (χ1) is 12.7. The van der Waals surface area contributed by atoms with E-state index in [-0.39, 0.29) is 12.3 Å². The lowest BCUT2D eigenvalue weighted by Gasteiger charge is -2.10. The van der Waals surface area contributed by atoms with Crippen LogP contribution in [0.2, 0.25) is 0 Å². The number of aryl methyl sites for hydroxylation is 2. The van der Waals surface area contributed by atoms with E-state index in [0.29, 0.717) is 36.1 Å². The number of amides is 1. The van der Waals surface area contributed by atoms with Crippen molar-refractivity contribution >= 4 is 11.6 Å². The van der Waals surface area contributed by atoms with Crippen molar-refractivity contribution in [1.82, 2.24) is 4.98 Å². The third-order valence-electron chi connectivity index (χ3n) is 3.92. The van der Waals surface area contributed by atoms with Crippen LogP contribution in [0.1, 0.15) is 24.8 Å². The molecule has 0 aliphatic carbocycles. The molecule has 0 radical (unpaired) electrons. The van der Waals surface area contributed by atoms with E-state index in [2.05, 4.69) is 10.3 Å². The van der Waals surface area contributed by atoms with E-state index in [0.717, 1.165) is 5.56 Å². The second-order valence-corrected chi connectivity index (χ2v) is 5.96. The van der Waals surface area contributed by atoms with Gasteiger partial charge in [-0.2, -0.15) is 0 Å². The minimum Gasteiger partial charge on any atom is -0.492 e. The fraction of sp³-hybridized carbons (Fsp3) is 0.238. The van der Waals surface area contributed by atoms with Crippen molar-refractivity contribution in [3.8, 4) is 17.1 Å². The highest BCUT2D eigenvalue weighted by molar-refractivity contribution is 5.92. The summed E-state index contributed by atoms with van der Waals surface area (Å²) >= 11 is 0. The molecule has 2 aromatic carbocycles. The van der Waals surface area contributed by atoms with Gasteiger partial charge in [0.15, 0.2) is 11.7 Å². The summed E-state index contributed by atoms with van der Waals surface area (Å²) in [6.45, 7) is 4.50. The normalized spacial score (nSPS) is 10.5. The van der Waals surface area contributed by atoms with Crippen molar-refractivity contribution in [2.45, 2.75) is 26.7 Å². The second-order valence-electron chi connectivity index (χ2n) is 5.96. The fourth-order valence-corrected chi connectivity index (χ4v) is 2.56. The first kappa shape index (κ1) is 17.7. The van der Waals surface area contributed by atoms with Gasteiger partial charge in [-0.15, -0.1) is 0 Å². The highest BCUT2D eigenvalue weighted by Gasteiger charge is 2.11. The van der Waals surface area contributed by atoms with Crippen LogP contribution in [0.15, 0.2) is 59.1 Å². The Bertz CT molecular complexity index is 869. The lowest BCUT2D eigenvalue weighted by atomic mass is 10.1. The molecule has 0 bridgehead atoms. The maximum absolute atomic E-state index is 12.2. The van der Waals surface area contributed by atoms with Gasteiger partial charge in [0.2, 0.25) is 5.91 Å². The first-order valence-electron chi connectivity index (χ1n) is 8.69. The highest BCUT2D eigenvalue weighted by Crippen LogP contribution is 2.24. The van der Waals surface area contributed by atoms with E-state index in [4.69, 9.17) is 9.15 Å². The molecule has 1 N–H and O–H groups in total. The number of nitrogens with zero attached hydrogens (tertiary/aromatic N) is 1. The quantitative estimate of drug-likeness (QED) is 0.675. The number of hydrogen-bond acceptors (Lipinski definition) is 4. The lowest BCUT2D eigenvalue weighted by molar-refractivity contribution is -0.116. The van der Waals surface area contributed by atoms with Crippen molar-refractivity contribution in [2.24, 2.45) is 0 Å². The summed E-state index contributed by atoms with van der Waals surface area (Å²) in [7, 11) is 0. The smallest absolute Gasteiger partial charge is 0.224 e. The van der Waals surface area contributed by atoms with E-state index < -0.39 is 0 Å². The van der Waals surface area contributed by atoms with E-state index in [1.54, 1.807) is 6.20 Å². The Morgan fingerprint density at radius 1 is 1.15 bits per heavy atom. The number of rotatable bonds is 7. The van der Waals surface area contributed by atoms with Crippen molar-refractivity contribution in [3.63, 3.8) is 0 Å². The largest absolute Gasteiger partial charge is 0.492 e. The minimum absolute atomic E-state index is 0.104.